The van der Waals surface area contributed by atoms with Gasteiger partial charge < -0.3 is 10.0 Å². The van der Waals surface area contributed by atoms with Crippen molar-refractivity contribution >= 4 is 5.97 Å². The lowest BCUT2D eigenvalue weighted by atomic mass is 10.0. The molecule has 0 aromatic rings. The fourth-order valence-corrected chi connectivity index (χ4v) is 2.52. The number of rotatable bonds is 7. The van der Waals surface area contributed by atoms with E-state index >= 15 is 0 Å². The fourth-order valence-electron chi connectivity index (χ4n) is 2.52. The van der Waals surface area contributed by atoms with E-state index in [1.165, 1.54) is 64.6 Å². The Bertz CT molecular complexity index is 203. The van der Waals surface area contributed by atoms with Crippen LogP contribution < -0.4 is 0 Å². The number of hydrogen-bond acceptors (Lipinski definition) is 2. The lowest BCUT2D eigenvalue weighted by Crippen LogP contribution is -2.21. The molecule has 1 fully saturated rings. The number of nitrogens with zero attached hydrogens (tertiary/aromatic N) is 1. The summed E-state index contributed by atoms with van der Waals surface area (Å²) in [4.78, 5) is 11.7. The van der Waals surface area contributed by atoms with Gasteiger partial charge in [0.05, 0.1) is 0 Å². The number of unbranched alkanes of at least 4 members (excludes halogenated alkanes) is 3. The maximum atomic E-state index is 9.00. The number of aliphatic carboxylic acids is 1. The Kier molecular flexibility index (Phi) is 11.2. The largest absolute Gasteiger partial charge is 0.481 e. The van der Waals surface area contributed by atoms with Gasteiger partial charge in [-0.25, -0.2) is 0 Å². The van der Waals surface area contributed by atoms with Crippen molar-refractivity contribution < 1.29 is 9.90 Å². The summed E-state index contributed by atoms with van der Waals surface area (Å²) < 4.78 is 0. The zero-order valence-corrected chi connectivity index (χ0v) is 12.5. The number of likely N-dealkylation sites (tertiary alicyclic amines) is 1. The molecule has 0 bridgehead atoms. The molecule has 0 saturated carbocycles. The SMILES string of the molecule is CC(=O)O.CCCCCCN1CCC(CCC)C1. The number of carboxylic acid groups (broad SMARTS) is 1. The Morgan fingerprint density at radius 2 is 1.89 bits per heavy atom. The first-order valence-corrected chi connectivity index (χ1v) is 7.52. The first-order chi connectivity index (χ1) is 8.60. The molecule has 0 aromatic carbocycles. The summed E-state index contributed by atoms with van der Waals surface area (Å²) in [6.45, 7) is 9.80. The number of carboxylic acids is 1. The minimum Gasteiger partial charge on any atom is -0.481 e. The minimum absolute atomic E-state index is 0.833. The summed E-state index contributed by atoms with van der Waals surface area (Å²) in [6, 6.07) is 0. The summed E-state index contributed by atoms with van der Waals surface area (Å²) in [5.41, 5.74) is 0. The third-order valence-electron chi connectivity index (χ3n) is 3.39. The van der Waals surface area contributed by atoms with E-state index in [1.54, 1.807) is 0 Å². The van der Waals surface area contributed by atoms with Crippen molar-refractivity contribution in [1.29, 1.82) is 0 Å². The van der Waals surface area contributed by atoms with Crippen molar-refractivity contribution in [3.05, 3.63) is 0 Å². The summed E-state index contributed by atoms with van der Waals surface area (Å²) >= 11 is 0. The lowest BCUT2D eigenvalue weighted by Gasteiger charge is -2.15. The van der Waals surface area contributed by atoms with Gasteiger partial charge >= 0.3 is 0 Å². The standard InChI is InChI=1S/C13H27N.C2H4O2/c1-3-5-6-7-10-14-11-9-13(12-14)8-4-2;1-2(3)4/h13H,3-12H2,1-2H3;1H3,(H,3,4). The van der Waals surface area contributed by atoms with E-state index in [0.717, 1.165) is 12.8 Å². The van der Waals surface area contributed by atoms with Crippen LogP contribution in [0.4, 0.5) is 0 Å². The molecule has 1 aliphatic heterocycles. The summed E-state index contributed by atoms with van der Waals surface area (Å²) in [7, 11) is 0. The number of carbonyl (C=O) groups is 1. The zero-order chi connectivity index (χ0) is 13.8. The van der Waals surface area contributed by atoms with Gasteiger partial charge in [0.2, 0.25) is 0 Å². The second-order valence-electron chi connectivity index (χ2n) is 5.32. The van der Waals surface area contributed by atoms with E-state index in [0.29, 0.717) is 0 Å². The minimum atomic E-state index is -0.833. The predicted octanol–water partition coefficient (Wildman–Crippen LogP) is 3.78. The van der Waals surface area contributed by atoms with Crippen LogP contribution in [-0.4, -0.2) is 35.6 Å². The van der Waals surface area contributed by atoms with E-state index in [1.807, 2.05) is 0 Å². The van der Waals surface area contributed by atoms with Crippen molar-refractivity contribution in [2.45, 2.75) is 65.7 Å². The van der Waals surface area contributed by atoms with Gasteiger partial charge in [-0.2, -0.15) is 0 Å². The quantitative estimate of drug-likeness (QED) is 0.706. The first-order valence-electron chi connectivity index (χ1n) is 7.52. The lowest BCUT2D eigenvalue weighted by molar-refractivity contribution is -0.134. The molecule has 1 aliphatic rings. The highest BCUT2D eigenvalue weighted by Gasteiger charge is 2.20. The van der Waals surface area contributed by atoms with Gasteiger partial charge in [0.25, 0.3) is 5.97 Å². The van der Waals surface area contributed by atoms with E-state index in [2.05, 4.69) is 18.7 Å². The molecule has 1 N–H and O–H groups in total. The van der Waals surface area contributed by atoms with Gasteiger partial charge in [0.1, 0.15) is 0 Å². The van der Waals surface area contributed by atoms with Crippen molar-refractivity contribution in [2.75, 3.05) is 19.6 Å². The van der Waals surface area contributed by atoms with Crippen LogP contribution in [0.15, 0.2) is 0 Å². The van der Waals surface area contributed by atoms with Crippen LogP contribution in [0.1, 0.15) is 65.7 Å². The van der Waals surface area contributed by atoms with Crippen LogP contribution in [0.3, 0.4) is 0 Å². The van der Waals surface area contributed by atoms with E-state index in [-0.39, 0.29) is 0 Å². The average molecular weight is 257 g/mol. The van der Waals surface area contributed by atoms with E-state index < -0.39 is 5.97 Å². The molecule has 3 nitrogen and oxygen atoms in total. The molecule has 0 amide bonds. The molecular formula is C15H31NO2. The van der Waals surface area contributed by atoms with Crippen molar-refractivity contribution in [2.24, 2.45) is 5.92 Å². The topological polar surface area (TPSA) is 40.5 Å². The van der Waals surface area contributed by atoms with Crippen LogP contribution in [0.2, 0.25) is 0 Å². The Labute approximate surface area is 113 Å². The molecule has 1 saturated heterocycles. The maximum Gasteiger partial charge on any atom is 0.300 e. The van der Waals surface area contributed by atoms with Gasteiger partial charge in [0.15, 0.2) is 0 Å². The van der Waals surface area contributed by atoms with Gasteiger partial charge in [-0.1, -0.05) is 39.5 Å². The Hall–Kier alpha value is -0.570. The summed E-state index contributed by atoms with van der Waals surface area (Å²) in [6.07, 6.45) is 9.92. The Morgan fingerprint density at radius 1 is 1.22 bits per heavy atom. The predicted molar refractivity (Wildman–Crippen MR) is 76.9 cm³/mol. The second-order valence-corrected chi connectivity index (χ2v) is 5.32. The fraction of sp³-hybridized carbons (Fsp3) is 0.933. The Morgan fingerprint density at radius 3 is 2.44 bits per heavy atom. The van der Waals surface area contributed by atoms with Crippen LogP contribution in [0.25, 0.3) is 0 Å². The molecular weight excluding hydrogens is 226 g/mol. The molecule has 1 rings (SSSR count). The average Bonchev–Trinajstić information content (AvgIpc) is 2.72. The van der Waals surface area contributed by atoms with Crippen LogP contribution in [0, 0.1) is 5.92 Å². The van der Waals surface area contributed by atoms with Gasteiger partial charge in [-0.15, -0.1) is 0 Å². The molecule has 108 valence electrons. The zero-order valence-electron chi connectivity index (χ0n) is 12.5. The van der Waals surface area contributed by atoms with E-state index in [9.17, 15) is 0 Å². The highest BCUT2D eigenvalue weighted by molar-refractivity contribution is 5.62. The molecule has 0 aliphatic carbocycles. The molecule has 1 atom stereocenters. The third kappa shape index (κ3) is 10.6. The second kappa shape index (κ2) is 11.5. The van der Waals surface area contributed by atoms with Crippen LogP contribution in [-0.2, 0) is 4.79 Å². The smallest absolute Gasteiger partial charge is 0.300 e. The Balaban J connectivity index is 0.000000631. The molecule has 0 spiro atoms. The van der Waals surface area contributed by atoms with Gasteiger partial charge in [-0.3, -0.25) is 4.79 Å². The van der Waals surface area contributed by atoms with Crippen molar-refractivity contribution in [3.63, 3.8) is 0 Å². The monoisotopic (exact) mass is 257 g/mol. The molecule has 0 aromatic heterocycles. The molecule has 3 heteroatoms. The van der Waals surface area contributed by atoms with Crippen LogP contribution in [0.5, 0.6) is 0 Å². The molecule has 1 heterocycles. The first kappa shape index (κ1) is 17.4. The summed E-state index contributed by atoms with van der Waals surface area (Å²) in [5.74, 6) is 0.186. The van der Waals surface area contributed by atoms with E-state index in [4.69, 9.17) is 9.90 Å². The van der Waals surface area contributed by atoms with Gasteiger partial charge in [0, 0.05) is 13.5 Å². The normalized spacial score (nSPS) is 19.4. The van der Waals surface area contributed by atoms with Crippen LogP contribution >= 0.6 is 0 Å². The summed E-state index contributed by atoms with van der Waals surface area (Å²) in [5, 5.41) is 7.42. The number of hydrogen-bond donors (Lipinski definition) is 1. The molecule has 18 heavy (non-hydrogen) atoms. The van der Waals surface area contributed by atoms with Crippen molar-refractivity contribution in [3.8, 4) is 0 Å². The highest BCUT2D eigenvalue weighted by Crippen LogP contribution is 2.21. The van der Waals surface area contributed by atoms with Gasteiger partial charge in [-0.05, 0) is 38.3 Å². The maximum absolute atomic E-state index is 9.00. The molecule has 0 radical (unpaired) electrons. The third-order valence-corrected chi connectivity index (χ3v) is 3.39. The molecule has 1 unspecified atom stereocenters. The highest BCUT2D eigenvalue weighted by atomic mass is 16.4. The van der Waals surface area contributed by atoms with Crippen molar-refractivity contribution in [1.82, 2.24) is 4.90 Å².